The molecule has 0 bridgehead atoms. The van der Waals surface area contributed by atoms with Crippen molar-refractivity contribution in [1.82, 2.24) is 0 Å². The van der Waals surface area contributed by atoms with E-state index in [1.165, 1.54) is 24.3 Å². The summed E-state index contributed by atoms with van der Waals surface area (Å²) < 4.78 is 66.7. The van der Waals surface area contributed by atoms with Crippen molar-refractivity contribution in [2.45, 2.75) is 9.79 Å². The molecule has 152 valence electrons. The maximum Gasteiger partial charge on any atom is 1.00 e. The van der Waals surface area contributed by atoms with Crippen molar-refractivity contribution in [2.75, 3.05) is 11.5 Å². The van der Waals surface area contributed by atoms with Gasteiger partial charge in [0, 0.05) is 5.69 Å². The van der Waals surface area contributed by atoms with Crippen LogP contribution in [0.1, 0.15) is 0 Å². The average Bonchev–Trinajstić information content (AvgIpc) is 2.60. The third kappa shape index (κ3) is 6.16. The minimum Gasteiger partial charge on any atom is -0.872 e. The maximum absolute atomic E-state index is 12.3. The molecule has 31 heavy (non-hydrogen) atoms. The van der Waals surface area contributed by atoms with E-state index in [-0.39, 0.29) is 75.6 Å². The van der Waals surface area contributed by atoms with Crippen LogP contribution in [0.5, 0.6) is 5.75 Å². The molecule has 0 aliphatic rings. The van der Waals surface area contributed by atoms with Crippen LogP contribution in [0.25, 0.3) is 10.8 Å². The second kappa shape index (κ2) is 10.1. The first-order chi connectivity index (χ1) is 13.4. The third-order valence-corrected chi connectivity index (χ3v) is 5.56. The van der Waals surface area contributed by atoms with Crippen LogP contribution >= 0.6 is 0 Å². The number of anilines is 2. The maximum atomic E-state index is 12.3. The summed E-state index contributed by atoms with van der Waals surface area (Å²) >= 11 is 0. The van der Waals surface area contributed by atoms with Crippen LogP contribution in [-0.2, 0) is 20.2 Å². The summed E-state index contributed by atoms with van der Waals surface area (Å²) in [6.45, 7) is 0. The molecule has 0 amide bonds. The Morgan fingerprint density at radius 2 is 1.48 bits per heavy atom. The number of hydrogen-bond donors (Lipinski definition) is 3. The number of nitrogens with zero attached hydrogens (tertiary/aromatic N) is 2. The fraction of sp³-hybridized carbons (Fsp3) is 0. The van der Waals surface area contributed by atoms with Gasteiger partial charge in [-0.2, -0.15) is 13.5 Å². The SMILES string of the molecule is Nc1ccc(N=Nc2c(S(=O)(=O)O)cc3cc(S(=O)(=O)[O-])cc([O-])c3c2N)cc1.[Na+].[Na+]. The van der Waals surface area contributed by atoms with Crippen LogP contribution in [-0.4, -0.2) is 25.9 Å². The molecule has 3 aromatic carbocycles. The van der Waals surface area contributed by atoms with E-state index >= 15 is 0 Å². The fourth-order valence-corrected chi connectivity index (χ4v) is 3.76. The first-order valence-electron chi connectivity index (χ1n) is 7.66. The van der Waals surface area contributed by atoms with Gasteiger partial charge in [0.05, 0.1) is 16.3 Å². The number of hydrogen-bond acceptors (Lipinski definition) is 10. The molecule has 15 heteroatoms. The van der Waals surface area contributed by atoms with Gasteiger partial charge in [0.25, 0.3) is 10.1 Å². The van der Waals surface area contributed by atoms with Crippen molar-refractivity contribution in [3.8, 4) is 5.75 Å². The van der Waals surface area contributed by atoms with Crippen molar-refractivity contribution >= 4 is 53.8 Å². The molecule has 5 N–H and O–H groups in total. The van der Waals surface area contributed by atoms with Crippen molar-refractivity contribution in [3.05, 3.63) is 42.5 Å². The van der Waals surface area contributed by atoms with Crippen LogP contribution < -0.4 is 75.7 Å². The number of nitrogen functional groups attached to an aromatic ring is 2. The molecule has 0 saturated heterocycles. The Labute approximate surface area is 221 Å². The molecule has 0 radical (unpaired) electrons. The largest absolute Gasteiger partial charge is 1.00 e. The zero-order chi connectivity index (χ0) is 21.6. The summed E-state index contributed by atoms with van der Waals surface area (Å²) in [5, 5.41) is 19.3. The zero-order valence-corrected chi connectivity index (χ0v) is 21.9. The molecule has 0 atom stereocenters. The molecular weight excluding hydrogens is 470 g/mol. The van der Waals surface area contributed by atoms with Gasteiger partial charge in [-0.3, -0.25) is 4.55 Å². The molecule has 0 aromatic heterocycles. The van der Waals surface area contributed by atoms with Gasteiger partial charge in [-0.05, 0) is 47.2 Å². The van der Waals surface area contributed by atoms with Crippen molar-refractivity contribution in [2.24, 2.45) is 10.2 Å². The van der Waals surface area contributed by atoms with Gasteiger partial charge in [0.1, 0.15) is 20.7 Å². The quantitative estimate of drug-likeness (QED) is 0.142. The smallest absolute Gasteiger partial charge is 0.872 e. The molecule has 0 aliphatic heterocycles. The first-order valence-corrected chi connectivity index (χ1v) is 10.5. The van der Waals surface area contributed by atoms with Crippen molar-refractivity contribution < 1.29 is 90.2 Å². The number of rotatable bonds is 4. The first kappa shape index (κ1) is 27.8. The molecule has 0 unspecified atom stereocenters. The molecular formula is C16H12N4Na2O7S2. The van der Waals surface area contributed by atoms with Gasteiger partial charge in [0.2, 0.25) is 0 Å². The third-order valence-electron chi connectivity index (χ3n) is 3.88. The molecule has 3 aromatic rings. The van der Waals surface area contributed by atoms with E-state index in [4.69, 9.17) is 11.5 Å². The van der Waals surface area contributed by atoms with Crippen LogP contribution in [0.4, 0.5) is 22.7 Å². The van der Waals surface area contributed by atoms with Crippen molar-refractivity contribution in [1.29, 1.82) is 0 Å². The van der Waals surface area contributed by atoms with Crippen LogP contribution in [0.3, 0.4) is 0 Å². The topological polar surface area (TPSA) is 211 Å². The summed E-state index contributed by atoms with van der Waals surface area (Å²) in [7, 11) is -9.90. The molecule has 0 fully saturated rings. The summed E-state index contributed by atoms with van der Waals surface area (Å²) in [6.07, 6.45) is 0. The van der Waals surface area contributed by atoms with Gasteiger partial charge in [0.15, 0.2) is 0 Å². The van der Waals surface area contributed by atoms with E-state index in [1.807, 2.05) is 0 Å². The van der Waals surface area contributed by atoms with Gasteiger partial charge >= 0.3 is 59.1 Å². The Hall–Kier alpha value is -1.26. The Morgan fingerprint density at radius 1 is 0.903 bits per heavy atom. The van der Waals surface area contributed by atoms with E-state index in [2.05, 4.69) is 10.2 Å². The average molecular weight is 482 g/mol. The zero-order valence-electron chi connectivity index (χ0n) is 16.3. The number of nitrogens with two attached hydrogens (primary N) is 2. The van der Waals surface area contributed by atoms with E-state index in [0.29, 0.717) is 11.8 Å². The Morgan fingerprint density at radius 3 is 2.00 bits per heavy atom. The minimum absolute atomic E-state index is 0. The monoisotopic (exact) mass is 482 g/mol. The van der Waals surface area contributed by atoms with Crippen LogP contribution in [0, 0.1) is 0 Å². The number of benzene rings is 3. The van der Waals surface area contributed by atoms with E-state index in [9.17, 15) is 31.0 Å². The second-order valence-electron chi connectivity index (χ2n) is 5.88. The second-order valence-corrected chi connectivity index (χ2v) is 8.65. The summed E-state index contributed by atoms with van der Waals surface area (Å²) in [5.74, 6) is -0.944. The molecule has 0 spiro atoms. The van der Waals surface area contributed by atoms with E-state index < -0.39 is 47.2 Å². The molecule has 11 nitrogen and oxygen atoms in total. The molecule has 3 rings (SSSR count). The Balaban J connectivity index is 0.00000240. The predicted octanol–water partition coefficient (Wildman–Crippen LogP) is -4.35. The summed E-state index contributed by atoms with van der Waals surface area (Å²) in [5.41, 5.74) is 11.2. The molecule has 0 saturated carbocycles. The summed E-state index contributed by atoms with van der Waals surface area (Å²) in [6, 6.07) is 8.13. The minimum atomic E-state index is -4.99. The predicted molar refractivity (Wildman–Crippen MR) is 101 cm³/mol. The van der Waals surface area contributed by atoms with Crippen molar-refractivity contribution in [3.63, 3.8) is 0 Å². The standard InChI is InChI=1S/C16H14N4O7S2.2Na/c17-9-1-3-10(4-2-9)19-20-16-13(29(25,26)27)6-8-5-11(28(22,23)24)7-12(21)14(8)15(16)18;;/h1-7,21H,17-18H2,(H,22,23,24)(H,25,26,27);;/q;2*+1/p-2. The fourth-order valence-electron chi connectivity index (χ4n) is 2.57. The molecule has 0 heterocycles. The normalized spacial score (nSPS) is 11.8. The van der Waals surface area contributed by atoms with E-state index in [1.54, 1.807) is 0 Å². The van der Waals surface area contributed by atoms with Crippen LogP contribution in [0.15, 0.2) is 62.5 Å². The van der Waals surface area contributed by atoms with Gasteiger partial charge in [-0.1, -0.05) is 11.8 Å². The number of azo groups is 1. The van der Waals surface area contributed by atoms with Gasteiger partial charge in [-0.25, -0.2) is 8.42 Å². The Bertz CT molecular complexity index is 1380. The molecule has 0 aliphatic carbocycles. The summed E-state index contributed by atoms with van der Waals surface area (Å²) in [4.78, 5) is -1.69. The Kier molecular flexibility index (Phi) is 9.07. The van der Waals surface area contributed by atoms with Gasteiger partial charge < -0.3 is 21.1 Å². The van der Waals surface area contributed by atoms with Crippen LogP contribution in [0.2, 0.25) is 0 Å². The van der Waals surface area contributed by atoms with E-state index in [0.717, 1.165) is 12.1 Å². The van der Waals surface area contributed by atoms with Gasteiger partial charge in [-0.15, -0.1) is 5.11 Å². The number of fused-ring (bicyclic) bond motifs is 1.